The fourth-order valence-electron chi connectivity index (χ4n) is 2.85. The summed E-state index contributed by atoms with van der Waals surface area (Å²) in [5, 5.41) is 10.6. The van der Waals surface area contributed by atoms with E-state index in [9.17, 15) is 4.79 Å². The summed E-state index contributed by atoms with van der Waals surface area (Å²) in [6.45, 7) is 2.20. The SMILES string of the molecule is Cc1cc(CN(C)C(=O)c2cn(-c3ccccc3)nc2-c2cccs2)no1. The van der Waals surface area contributed by atoms with Crippen molar-refractivity contribution in [3.8, 4) is 16.3 Å². The predicted molar refractivity (Wildman–Crippen MR) is 104 cm³/mol. The van der Waals surface area contributed by atoms with Gasteiger partial charge in [0.15, 0.2) is 0 Å². The van der Waals surface area contributed by atoms with Gasteiger partial charge < -0.3 is 9.42 Å². The van der Waals surface area contributed by atoms with Gasteiger partial charge in [0.2, 0.25) is 0 Å². The van der Waals surface area contributed by atoms with Crippen LogP contribution in [-0.2, 0) is 6.54 Å². The largest absolute Gasteiger partial charge is 0.361 e. The molecule has 0 aliphatic carbocycles. The minimum absolute atomic E-state index is 0.110. The number of benzene rings is 1. The van der Waals surface area contributed by atoms with Crippen LogP contribution < -0.4 is 0 Å². The van der Waals surface area contributed by atoms with Gasteiger partial charge in [-0.15, -0.1) is 11.3 Å². The molecule has 1 aromatic carbocycles. The van der Waals surface area contributed by atoms with Gasteiger partial charge in [0.05, 0.1) is 22.7 Å². The molecule has 6 nitrogen and oxygen atoms in total. The van der Waals surface area contributed by atoms with Crippen LogP contribution in [0.25, 0.3) is 16.3 Å². The Balaban J connectivity index is 1.69. The van der Waals surface area contributed by atoms with Crippen LogP contribution in [-0.4, -0.2) is 32.8 Å². The van der Waals surface area contributed by atoms with Gasteiger partial charge in [0.25, 0.3) is 5.91 Å². The number of carbonyl (C=O) groups excluding carboxylic acids is 1. The van der Waals surface area contributed by atoms with E-state index in [1.165, 1.54) is 0 Å². The maximum absolute atomic E-state index is 13.1. The molecule has 1 amide bonds. The molecule has 0 unspecified atom stereocenters. The lowest BCUT2D eigenvalue weighted by Gasteiger charge is -2.15. The van der Waals surface area contributed by atoms with Crippen LogP contribution in [0.5, 0.6) is 0 Å². The number of nitrogens with zero attached hydrogens (tertiary/aromatic N) is 4. The Morgan fingerprint density at radius 1 is 1.22 bits per heavy atom. The van der Waals surface area contributed by atoms with Crippen molar-refractivity contribution in [2.75, 3.05) is 7.05 Å². The standard InChI is InChI=1S/C20H18N4O2S/c1-14-11-15(22-26-14)12-23(2)20(25)17-13-24(16-7-4-3-5-8-16)21-19(17)18-9-6-10-27-18/h3-11,13H,12H2,1-2H3. The van der Waals surface area contributed by atoms with Gasteiger partial charge in [-0.25, -0.2) is 4.68 Å². The summed E-state index contributed by atoms with van der Waals surface area (Å²) in [5.74, 6) is 0.614. The fraction of sp³-hybridized carbons (Fsp3) is 0.150. The van der Waals surface area contributed by atoms with E-state index in [1.54, 1.807) is 34.2 Å². The monoisotopic (exact) mass is 378 g/mol. The molecule has 0 spiro atoms. The number of hydrogen-bond donors (Lipinski definition) is 0. The van der Waals surface area contributed by atoms with E-state index in [0.29, 0.717) is 17.8 Å². The highest BCUT2D eigenvalue weighted by atomic mass is 32.1. The maximum atomic E-state index is 13.1. The molecule has 3 heterocycles. The average molecular weight is 378 g/mol. The number of aryl methyl sites for hydroxylation is 1. The molecule has 0 atom stereocenters. The van der Waals surface area contributed by atoms with Gasteiger partial charge in [0, 0.05) is 19.3 Å². The van der Waals surface area contributed by atoms with E-state index in [2.05, 4.69) is 10.3 Å². The minimum atomic E-state index is -0.110. The summed E-state index contributed by atoms with van der Waals surface area (Å²) in [6.07, 6.45) is 1.79. The third-order valence-corrected chi connectivity index (χ3v) is 5.02. The highest BCUT2D eigenvalue weighted by Gasteiger charge is 2.22. The molecule has 4 rings (SSSR count). The van der Waals surface area contributed by atoms with E-state index >= 15 is 0 Å². The molecule has 7 heteroatoms. The zero-order chi connectivity index (χ0) is 18.8. The second kappa shape index (κ2) is 7.20. The van der Waals surface area contributed by atoms with Crippen molar-refractivity contribution < 1.29 is 9.32 Å². The Kier molecular flexibility index (Phi) is 4.60. The quantitative estimate of drug-likeness (QED) is 0.523. The Labute approximate surface area is 160 Å². The highest BCUT2D eigenvalue weighted by molar-refractivity contribution is 7.13. The van der Waals surface area contributed by atoms with E-state index in [-0.39, 0.29) is 5.91 Å². The molecule has 0 saturated carbocycles. The Morgan fingerprint density at radius 2 is 2.04 bits per heavy atom. The number of hydrogen-bond acceptors (Lipinski definition) is 5. The van der Waals surface area contributed by atoms with Gasteiger partial charge in [-0.3, -0.25) is 4.79 Å². The van der Waals surface area contributed by atoms with Gasteiger partial charge in [-0.05, 0) is 30.5 Å². The molecule has 27 heavy (non-hydrogen) atoms. The van der Waals surface area contributed by atoms with E-state index in [1.807, 2.05) is 60.8 Å². The summed E-state index contributed by atoms with van der Waals surface area (Å²) in [6, 6.07) is 15.5. The van der Waals surface area contributed by atoms with Gasteiger partial charge in [-0.2, -0.15) is 5.10 Å². The highest BCUT2D eigenvalue weighted by Crippen LogP contribution is 2.28. The lowest BCUT2D eigenvalue weighted by Crippen LogP contribution is -2.26. The van der Waals surface area contributed by atoms with Crippen molar-refractivity contribution in [1.29, 1.82) is 0 Å². The summed E-state index contributed by atoms with van der Waals surface area (Å²) in [7, 11) is 1.75. The first kappa shape index (κ1) is 17.2. The molecule has 3 aromatic heterocycles. The average Bonchev–Trinajstić information content (AvgIpc) is 3.42. The van der Waals surface area contributed by atoms with Crippen molar-refractivity contribution in [3.63, 3.8) is 0 Å². The second-order valence-electron chi connectivity index (χ2n) is 6.24. The number of rotatable bonds is 5. The molecular formula is C20H18N4O2S. The van der Waals surface area contributed by atoms with Crippen molar-refractivity contribution in [3.05, 3.63) is 77.1 Å². The number of thiophene rings is 1. The van der Waals surface area contributed by atoms with Gasteiger partial charge in [-0.1, -0.05) is 29.4 Å². The number of para-hydroxylation sites is 1. The third kappa shape index (κ3) is 3.54. The van der Waals surface area contributed by atoms with Crippen molar-refractivity contribution in [1.82, 2.24) is 19.8 Å². The summed E-state index contributed by atoms with van der Waals surface area (Å²) < 4.78 is 6.84. The minimum Gasteiger partial charge on any atom is -0.361 e. The topological polar surface area (TPSA) is 64.2 Å². The predicted octanol–water partition coefficient (Wildman–Crippen LogP) is 4.17. The van der Waals surface area contributed by atoms with Crippen LogP contribution in [0.2, 0.25) is 0 Å². The molecular weight excluding hydrogens is 360 g/mol. The lowest BCUT2D eigenvalue weighted by atomic mass is 10.2. The first-order chi connectivity index (χ1) is 13.1. The van der Waals surface area contributed by atoms with Crippen LogP contribution >= 0.6 is 11.3 Å². The summed E-state index contributed by atoms with van der Waals surface area (Å²) >= 11 is 1.56. The summed E-state index contributed by atoms with van der Waals surface area (Å²) in [4.78, 5) is 15.7. The van der Waals surface area contributed by atoms with Gasteiger partial charge >= 0.3 is 0 Å². The lowest BCUT2D eigenvalue weighted by molar-refractivity contribution is 0.0783. The van der Waals surface area contributed by atoms with Crippen molar-refractivity contribution in [2.24, 2.45) is 0 Å². The van der Waals surface area contributed by atoms with Crippen molar-refractivity contribution in [2.45, 2.75) is 13.5 Å². The molecule has 4 aromatic rings. The smallest absolute Gasteiger partial charge is 0.257 e. The number of amides is 1. The molecule has 0 bridgehead atoms. The second-order valence-corrected chi connectivity index (χ2v) is 7.19. The first-order valence-corrected chi connectivity index (χ1v) is 9.36. The number of carbonyl (C=O) groups is 1. The molecule has 0 fully saturated rings. The van der Waals surface area contributed by atoms with Gasteiger partial charge in [0.1, 0.15) is 17.1 Å². The van der Waals surface area contributed by atoms with E-state index in [4.69, 9.17) is 4.52 Å². The fourth-order valence-corrected chi connectivity index (χ4v) is 3.57. The maximum Gasteiger partial charge on any atom is 0.257 e. The van der Waals surface area contributed by atoms with E-state index < -0.39 is 0 Å². The van der Waals surface area contributed by atoms with Crippen LogP contribution in [0.4, 0.5) is 0 Å². The molecule has 0 aliphatic rings. The molecule has 0 N–H and O–H groups in total. The van der Waals surface area contributed by atoms with Crippen molar-refractivity contribution >= 4 is 17.2 Å². The molecule has 0 radical (unpaired) electrons. The van der Waals surface area contributed by atoms with Crippen LogP contribution in [0.3, 0.4) is 0 Å². The molecule has 136 valence electrons. The first-order valence-electron chi connectivity index (χ1n) is 8.48. The zero-order valence-corrected chi connectivity index (χ0v) is 15.8. The Morgan fingerprint density at radius 3 is 2.70 bits per heavy atom. The Hall–Kier alpha value is -3.19. The molecule has 0 aliphatic heterocycles. The van der Waals surface area contributed by atoms with Crippen LogP contribution in [0, 0.1) is 6.92 Å². The van der Waals surface area contributed by atoms with Crippen LogP contribution in [0.15, 0.2) is 64.6 Å². The Bertz CT molecular complexity index is 1050. The third-order valence-electron chi connectivity index (χ3n) is 4.14. The number of aromatic nitrogens is 3. The normalized spacial score (nSPS) is 10.9. The van der Waals surface area contributed by atoms with E-state index in [0.717, 1.165) is 22.0 Å². The van der Waals surface area contributed by atoms with Crippen LogP contribution in [0.1, 0.15) is 21.8 Å². The molecule has 0 saturated heterocycles. The summed E-state index contributed by atoms with van der Waals surface area (Å²) in [5.41, 5.74) is 2.87. The zero-order valence-electron chi connectivity index (χ0n) is 15.0.